The minimum atomic E-state index is -0.610. The highest BCUT2D eigenvalue weighted by Gasteiger charge is 2.27. The summed E-state index contributed by atoms with van der Waals surface area (Å²) < 4.78 is 0. The molecule has 2 nitrogen and oxygen atoms in total. The first-order valence-corrected chi connectivity index (χ1v) is 7.07. The Morgan fingerprint density at radius 1 is 1.33 bits per heavy atom. The smallest absolute Gasteiger partial charge is 0.0674 e. The van der Waals surface area contributed by atoms with Crippen LogP contribution in [-0.2, 0) is 6.42 Å². The maximum atomic E-state index is 10.6. The first-order chi connectivity index (χ1) is 8.57. The number of piperidine rings is 1. The van der Waals surface area contributed by atoms with Crippen LogP contribution in [0.15, 0.2) is 24.3 Å². The van der Waals surface area contributed by atoms with Crippen molar-refractivity contribution in [2.75, 3.05) is 6.54 Å². The molecule has 2 unspecified atom stereocenters. The molecule has 100 valence electrons. The molecule has 0 aliphatic carbocycles. The van der Waals surface area contributed by atoms with Gasteiger partial charge in [-0.1, -0.05) is 30.7 Å². The number of aliphatic hydroxyl groups is 1. The number of rotatable bonds is 4. The van der Waals surface area contributed by atoms with Gasteiger partial charge < -0.3 is 10.4 Å². The molecule has 1 aromatic carbocycles. The van der Waals surface area contributed by atoms with Gasteiger partial charge in [0, 0.05) is 12.5 Å². The van der Waals surface area contributed by atoms with Crippen LogP contribution in [0.2, 0.25) is 0 Å². The van der Waals surface area contributed by atoms with Gasteiger partial charge in [0.05, 0.1) is 5.60 Å². The molecule has 1 fully saturated rings. The van der Waals surface area contributed by atoms with Crippen molar-refractivity contribution in [3.8, 4) is 0 Å². The zero-order valence-corrected chi connectivity index (χ0v) is 11.6. The van der Waals surface area contributed by atoms with Crippen molar-refractivity contribution in [2.45, 2.75) is 57.6 Å². The number of hydrogen-bond donors (Lipinski definition) is 2. The van der Waals surface area contributed by atoms with Crippen molar-refractivity contribution in [1.82, 2.24) is 5.32 Å². The minimum absolute atomic E-state index is 0.484. The summed E-state index contributed by atoms with van der Waals surface area (Å²) in [4.78, 5) is 0. The van der Waals surface area contributed by atoms with Crippen LogP contribution in [-0.4, -0.2) is 23.3 Å². The lowest BCUT2D eigenvalue weighted by atomic mass is 9.86. The molecule has 18 heavy (non-hydrogen) atoms. The van der Waals surface area contributed by atoms with E-state index in [4.69, 9.17) is 0 Å². The molecule has 0 radical (unpaired) electrons. The average molecular weight is 247 g/mol. The molecule has 0 aromatic heterocycles. The van der Waals surface area contributed by atoms with E-state index in [1.807, 2.05) is 6.92 Å². The second-order valence-electron chi connectivity index (χ2n) is 5.95. The van der Waals surface area contributed by atoms with Crippen LogP contribution in [0.1, 0.15) is 43.7 Å². The molecular weight excluding hydrogens is 222 g/mol. The summed E-state index contributed by atoms with van der Waals surface area (Å²) in [5.41, 5.74) is 1.92. The predicted molar refractivity (Wildman–Crippen MR) is 75.8 cm³/mol. The molecule has 2 rings (SSSR count). The molecule has 0 saturated carbocycles. The fraction of sp³-hybridized carbons (Fsp3) is 0.625. The third-order valence-corrected chi connectivity index (χ3v) is 3.93. The molecule has 1 heterocycles. The van der Waals surface area contributed by atoms with Gasteiger partial charge in [-0.25, -0.2) is 0 Å². The van der Waals surface area contributed by atoms with E-state index in [1.54, 1.807) is 0 Å². The van der Waals surface area contributed by atoms with Gasteiger partial charge in [0.2, 0.25) is 0 Å². The fourth-order valence-electron chi connectivity index (χ4n) is 2.92. The molecule has 0 bridgehead atoms. The Morgan fingerprint density at radius 3 is 2.78 bits per heavy atom. The van der Waals surface area contributed by atoms with Crippen molar-refractivity contribution in [2.24, 2.45) is 0 Å². The highest BCUT2D eigenvalue weighted by Crippen LogP contribution is 2.23. The van der Waals surface area contributed by atoms with Crippen LogP contribution in [0.4, 0.5) is 0 Å². The summed E-state index contributed by atoms with van der Waals surface area (Å²) in [6.07, 6.45) is 5.36. The van der Waals surface area contributed by atoms with Gasteiger partial charge in [0.25, 0.3) is 0 Å². The van der Waals surface area contributed by atoms with Crippen LogP contribution in [0.3, 0.4) is 0 Å². The van der Waals surface area contributed by atoms with E-state index < -0.39 is 5.60 Å². The molecule has 0 amide bonds. The highest BCUT2D eigenvalue weighted by atomic mass is 16.3. The lowest BCUT2D eigenvalue weighted by Gasteiger charge is -2.32. The molecule has 2 atom stereocenters. The maximum absolute atomic E-state index is 10.6. The van der Waals surface area contributed by atoms with Crippen molar-refractivity contribution < 1.29 is 5.11 Å². The normalized spacial score (nSPS) is 23.6. The molecule has 0 spiro atoms. The SMILES string of the molecule is Cc1ccccc1CC(C)(O)CC1CCCCN1. The zero-order chi connectivity index (χ0) is 13.0. The van der Waals surface area contributed by atoms with Crippen LogP contribution < -0.4 is 5.32 Å². The summed E-state index contributed by atoms with van der Waals surface area (Å²) in [6.45, 7) is 5.19. The molecule has 1 aromatic rings. The van der Waals surface area contributed by atoms with E-state index in [1.165, 1.54) is 30.4 Å². The van der Waals surface area contributed by atoms with Gasteiger partial charge >= 0.3 is 0 Å². The molecule has 2 heteroatoms. The summed E-state index contributed by atoms with van der Waals surface area (Å²) in [5.74, 6) is 0. The van der Waals surface area contributed by atoms with Gasteiger partial charge in [-0.15, -0.1) is 0 Å². The first kappa shape index (κ1) is 13.6. The van der Waals surface area contributed by atoms with E-state index >= 15 is 0 Å². The molecule has 2 N–H and O–H groups in total. The van der Waals surface area contributed by atoms with Crippen molar-refractivity contribution >= 4 is 0 Å². The van der Waals surface area contributed by atoms with Crippen LogP contribution in [0.5, 0.6) is 0 Å². The fourth-order valence-corrected chi connectivity index (χ4v) is 2.92. The first-order valence-electron chi connectivity index (χ1n) is 7.07. The summed E-state index contributed by atoms with van der Waals surface area (Å²) >= 11 is 0. The molecule has 1 aliphatic rings. The van der Waals surface area contributed by atoms with E-state index in [0.717, 1.165) is 19.4 Å². The van der Waals surface area contributed by atoms with Crippen molar-refractivity contribution in [1.29, 1.82) is 0 Å². The summed E-state index contributed by atoms with van der Waals surface area (Å²) in [6, 6.07) is 8.83. The Balaban J connectivity index is 1.96. The standard InChI is InChI=1S/C16H25NO/c1-13-7-3-4-8-14(13)11-16(2,18)12-15-9-5-6-10-17-15/h3-4,7-8,15,17-18H,5-6,9-12H2,1-2H3. The van der Waals surface area contributed by atoms with Gasteiger partial charge in [0.1, 0.15) is 0 Å². The van der Waals surface area contributed by atoms with Gasteiger partial charge in [-0.3, -0.25) is 0 Å². The maximum Gasteiger partial charge on any atom is 0.0674 e. The monoisotopic (exact) mass is 247 g/mol. The van der Waals surface area contributed by atoms with E-state index in [0.29, 0.717) is 6.04 Å². The largest absolute Gasteiger partial charge is 0.390 e. The van der Waals surface area contributed by atoms with Crippen LogP contribution >= 0.6 is 0 Å². The minimum Gasteiger partial charge on any atom is -0.390 e. The van der Waals surface area contributed by atoms with Crippen molar-refractivity contribution in [3.05, 3.63) is 35.4 Å². The van der Waals surface area contributed by atoms with E-state index in [2.05, 4.69) is 36.5 Å². The van der Waals surface area contributed by atoms with Crippen LogP contribution in [0, 0.1) is 6.92 Å². The topological polar surface area (TPSA) is 32.3 Å². The van der Waals surface area contributed by atoms with E-state index in [9.17, 15) is 5.11 Å². The third kappa shape index (κ3) is 3.82. The number of aryl methyl sites for hydroxylation is 1. The lowest BCUT2D eigenvalue weighted by molar-refractivity contribution is 0.0370. The average Bonchev–Trinajstić information content (AvgIpc) is 2.32. The quantitative estimate of drug-likeness (QED) is 0.857. The number of benzene rings is 1. The lowest BCUT2D eigenvalue weighted by Crippen LogP contribution is -2.42. The Labute approximate surface area is 110 Å². The summed E-state index contributed by atoms with van der Waals surface area (Å²) in [7, 11) is 0. The van der Waals surface area contributed by atoms with Gasteiger partial charge in [0.15, 0.2) is 0 Å². The molecule has 1 aliphatic heterocycles. The van der Waals surface area contributed by atoms with Crippen molar-refractivity contribution in [3.63, 3.8) is 0 Å². The van der Waals surface area contributed by atoms with Gasteiger partial charge in [-0.05, 0) is 50.8 Å². The predicted octanol–water partition coefficient (Wildman–Crippen LogP) is 2.82. The number of nitrogens with one attached hydrogen (secondary N) is 1. The highest BCUT2D eigenvalue weighted by molar-refractivity contribution is 5.26. The molecule has 1 saturated heterocycles. The zero-order valence-electron chi connectivity index (χ0n) is 11.6. The second kappa shape index (κ2) is 5.85. The molecular formula is C16H25NO. The van der Waals surface area contributed by atoms with E-state index in [-0.39, 0.29) is 0 Å². The summed E-state index contributed by atoms with van der Waals surface area (Å²) in [5, 5.41) is 14.1. The Bertz CT molecular complexity index is 380. The number of hydrogen-bond acceptors (Lipinski definition) is 2. The third-order valence-electron chi connectivity index (χ3n) is 3.93. The Morgan fingerprint density at radius 2 is 2.11 bits per heavy atom. The Kier molecular flexibility index (Phi) is 4.41. The van der Waals surface area contributed by atoms with Gasteiger partial charge in [-0.2, -0.15) is 0 Å². The second-order valence-corrected chi connectivity index (χ2v) is 5.95. The van der Waals surface area contributed by atoms with Crippen LogP contribution in [0.25, 0.3) is 0 Å². The Hall–Kier alpha value is -0.860.